The molecule has 0 aliphatic carbocycles. The first kappa shape index (κ1) is 14.1. The molecule has 0 fully saturated rings. The van der Waals surface area contributed by atoms with Crippen LogP contribution in [-0.4, -0.2) is 23.3 Å². The first-order chi connectivity index (χ1) is 9.24. The van der Waals surface area contributed by atoms with Gasteiger partial charge in [-0.05, 0) is 30.4 Å². The van der Waals surface area contributed by atoms with Gasteiger partial charge in [-0.2, -0.15) is 0 Å². The predicted octanol–water partition coefficient (Wildman–Crippen LogP) is 3.07. The molecule has 0 atom stereocenters. The van der Waals surface area contributed by atoms with E-state index in [2.05, 4.69) is 39.4 Å². The molecule has 0 amide bonds. The molecule has 4 nitrogen and oxygen atoms in total. The van der Waals surface area contributed by atoms with Gasteiger partial charge in [0.15, 0.2) is 0 Å². The lowest BCUT2D eigenvalue weighted by Crippen LogP contribution is -2.10. The summed E-state index contributed by atoms with van der Waals surface area (Å²) < 4.78 is 7.23. The van der Waals surface area contributed by atoms with Crippen molar-refractivity contribution >= 4 is 17.3 Å². The minimum atomic E-state index is 0.698. The average Bonchev–Trinajstić information content (AvgIpc) is 2.99. The van der Waals surface area contributed by atoms with Gasteiger partial charge < -0.3 is 14.6 Å². The van der Waals surface area contributed by atoms with Gasteiger partial charge in [0, 0.05) is 24.7 Å². The third-order valence-electron chi connectivity index (χ3n) is 3.06. The highest BCUT2D eigenvalue weighted by atomic mass is 32.1. The van der Waals surface area contributed by atoms with Crippen LogP contribution < -0.4 is 5.32 Å². The van der Waals surface area contributed by atoms with Crippen molar-refractivity contribution in [3.63, 3.8) is 0 Å². The fourth-order valence-corrected chi connectivity index (χ4v) is 2.96. The van der Waals surface area contributed by atoms with E-state index in [1.807, 2.05) is 6.92 Å². The van der Waals surface area contributed by atoms with Crippen LogP contribution in [0.2, 0.25) is 0 Å². The molecule has 2 heterocycles. The highest BCUT2D eigenvalue weighted by Crippen LogP contribution is 2.19. The Kier molecular flexibility index (Phi) is 4.99. The Morgan fingerprint density at radius 2 is 2.32 bits per heavy atom. The summed E-state index contributed by atoms with van der Waals surface area (Å²) in [4.78, 5) is 5.91. The Bertz CT molecular complexity index is 518. The van der Waals surface area contributed by atoms with E-state index >= 15 is 0 Å². The summed E-state index contributed by atoms with van der Waals surface area (Å²) in [5.74, 6) is 0.921. The SMILES string of the molecule is CCc1ccsc1CNc1nc(C)cn1CCOC. The largest absolute Gasteiger partial charge is 0.383 e. The number of hydrogen-bond donors (Lipinski definition) is 1. The van der Waals surface area contributed by atoms with E-state index in [4.69, 9.17) is 4.74 Å². The molecular formula is C14H21N3OS. The number of hydrogen-bond acceptors (Lipinski definition) is 4. The molecule has 0 radical (unpaired) electrons. The van der Waals surface area contributed by atoms with E-state index in [0.29, 0.717) is 6.61 Å². The minimum absolute atomic E-state index is 0.698. The van der Waals surface area contributed by atoms with Crippen LogP contribution in [0, 0.1) is 6.92 Å². The molecule has 0 aliphatic rings. The summed E-state index contributed by atoms with van der Waals surface area (Å²) in [7, 11) is 1.72. The van der Waals surface area contributed by atoms with Crippen molar-refractivity contribution in [1.29, 1.82) is 0 Å². The molecule has 0 spiro atoms. The number of aromatic nitrogens is 2. The predicted molar refractivity (Wildman–Crippen MR) is 79.9 cm³/mol. The van der Waals surface area contributed by atoms with Gasteiger partial charge in [0.05, 0.1) is 18.8 Å². The van der Waals surface area contributed by atoms with Crippen molar-refractivity contribution in [1.82, 2.24) is 9.55 Å². The molecule has 0 aliphatic heterocycles. The molecule has 5 heteroatoms. The summed E-state index contributed by atoms with van der Waals surface area (Å²) in [6.07, 6.45) is 3.13. The van der Waals surface area contributed by atoms with E-state index in [-0.39, 0.29) is 0 Å². The van der Waals surface area contributed by atoms with Crippen LogP contribution in [0.4, 0.5) is 5.95 Å². The third-order valence-corrected chi connectivity index (χ3v) is 4.02. The number of thiophene rings is 1. The lowest BCUT2D eigenvalue weighted by atomic mass is 10.2. The zero-order chi connectivity index (χ0) is 13.7. The highest BCUT2D eigenvalue weighted by molar-refractivity contribution is 7.10. The average molecular weight is 279 g/mol. The Morgan fingerprint density at radius 3 is 3.05 bits per heavy atom. The summed E-state index contributed by atoms with van der Waals surface area (Å²) >= 11 is 1.80. The van der Waals surface area contributed by atoms with Gasteiger partial charge in [-0.15, -0.1) is 11.3 Å². The lowest BCUT2D eigenvalue weighted by Gasteiger charge is -2.09. The number of nitrogens with zero attached hydrogens (tertiary/aromatic N) is 2. The summed E-state index contributed by atoms with van der Waals surface area (Å²) in [6.45, 7) is 6.56. The number of imidazole rings is 1. The molecular weight excluding hydrogens is 258 g/mol. The maximum atomic E-state index is 5.12. The second kappa shape index (κ2) is 6.73. The van der Waals surface area contributed by atoms with Gasteiger partial charge in [-0.1, -0.05) is 6.92 Å². The van der Waals surface area contributed by atoms with Crippen molar-refractivity contribution in [3.05, 3.63) is 33.8 Å². The van der Waals surface area contributed by atoms with Crippen molar-refractivity contribution in [2.24, 2.45) is 0 Å². The Hall–Kier alpha value is -1.33. The van der Waals surface area contributed by atoms with Crippen LogP contribution in [0.15, 0.2) is 17.6 Å². The number of rotatable bonds is 7. The first-order valence-electron chi connectivity index (χ1n) is 6.56. The van der Waals surface area contributed by atoms with E-state index in [1.165, 1.54) is 10.4 Å². The van der Waals surface area contributed by atoms with Crippen molar-refractivity contribution in [2.45, 2.75) is 33.4 Å². The molecule has 0 saturated carbocycles. The van der Waals surface area contributed by atoms with Crippen LogP contribution in [0.3, 0.4) is 0 Å². The molecule has 19 heavy (non-hydrogen) atoms. The number of ether oxygens (including phenoxy) is 1. The van der Waals surface area contributed by atoms with Crippen LogP contribution in [0.5, 0.6) is 0 Å². The number of methoxy groups -OCH3 is 1. The Labute approximate surface area is 118 Å². The van der Waals surface area contributed by atoms with E-state index in [0.717, 1.165) is 31.2 Å². The van der Waals surface area contributed by atoms with E-state index < -0.39 is 0 Å². The van der Waals surface area contributed by atoms with Gasteiger partial charge in [0.1, 0.15) is 0 Å². The summed E-state index contributed by atoms with van der Waals surface area (Å²) in [5.41, 5.74) is 2.45. The standard InChI is InChI=1S/C14H21N3OS/c1-4-12-5-8-19-13(12)9-15-14-16-11(2)10-17(14)6-7-18-3/h5,8,10H,4,6-7,9H2,1-3H3,(H,15,16). The molecule has 1 N–H and O–H groups in total. The number of anilines is 1. The van der Waals surface area contributed by atoms with Crippen LogP contribution in [0.25, 0.3) is 0 Å². The molecule has 2 rings (SSSR count). The fourth-order valence-electron chi connectivity index (χ4n) is 2.04. The molecule has 0 bridgehead atoms. The summed E-state index contributed by atoms with van der Waals surface area (Å²) in [6, 6.07) is 2.20. The lowest BCUT2D eigenvalue weighted by molar-refractivity contribution is 0.187. The number of nitrogens with one attached hydrogen (secondary N) is 1. The monoisotopic (exact) mass is 279 g/mol. The molecule has 2 aromatic rings. The second-order valence-electron chi connectivity index (χ2n) is 4.47. The summed E-state index contributed by atoms with van der Waals surface area (Å²) in [5, 5.41) is 5.58. The minimum Gasteiger partial charge on any atom is -0.383 e. The Morgan fingerprint density at radius 1 is 1.47 bits per heavy atom. The van der Waals surface area contributed by atoms with Gasteiger partial charge >= 0.3 is 0 Å². The molecule has 0 unspecified atom stereocenters. The quantitative estimate of drug-likeness (QED) is 0.846. The Balaban J connectivity index is 2.02. The molecule has 0 aromatic carbocycles. The molecule has 104 valence electrons. The normalized spacial score (nSPS) is 10.9. The maximum Gasteiger partial charge on any atom is 0.203 e. The van der Waals surface area contributed by atoms with Crippen LogP contribution in [-0.2, 0) is 24.2 Å². The zero-order valence-electron chi connectivity index (χ0n) is 11.8. The second-order valence-corrected chi connectivity index (χ2v) is 5.47. The van der Waals surface area contributed by atoms with Gasteiger partial charge in [-0.25, -0.2) is 4.98 Å². The molecule has 0 saturated heterocycles. The van der Waals surface area contributed by atoms with Crippen LogP contribution >= 0.6 is 11.3 Å². The van der Waals surface area contributed by atoms with E-state index in [1.54, 1.807) is 18.4 Å². The smallest absolute Gasteiger partial charge is 0.203 e. The molecule has 2 aromatic heterocycles. The van der Waals surface area contributed by atoms with Crippen molar-refractivity contribution < 1.29 is 4.74 Å². The zero-order valence-corrected chi connectivity index (χ0v) is 12.6. The fraction of sp³-hybridized carbons (Fsp3) is 0.500. The van der Waals surface area contributed by atoms with Gasteiger partial charge in [-0.3, -0.25) is 0 Å². The van der Waals surface area contributed by atoms with Gasteiger partial charge in [0.25, 0.3) is 0 Å². The van der Waals surface area contributed by atoms with Crippen LogP contribution in [0.1, 0.15) is 23.1 Å². The van der Waals surface area contributed by atoms with Crippen molar-refractivity contribution in [3.8, 4) is 0 Å². The van der Waals surface area contributed by atoms with Gasteiger partial charge in [0.2, 0.25) is 5.95 Å². The topological polar surface area (TPSA) is 39.1 Å². The number of aryl methyl sites for hydroxylation is 2. The van der Waals surface area contributed by atoms with E-state index in [9.17, 15) is 0 Å². The highest BCUT2D eigenvalue weighted by Gasteiger charge is 2.07. The maximum absolute atomic E-state index is 5.12. The first-order valence-corrected chi connectivity index (χ1v) is 7.44. The van der Waals surface area contributed by atoms with Crippen molar-refractivity contribution in [2.75, 3.05) is 19.0 Å². The third kappa shape index (κ3) is 3.58.